The van der Waals surface area contributed by atoms with Crippen LogP contribution in [0.5, 0.6) is 5.75 Å². The van der Waals surface area contributed by atoms with Crippen molar-refractivity contribution in [3.05, 3.63) is 17.5 Å². The molecule has 0 aromatic carbocycles. The van der Waals surface area contributed by atoms with Gasteiger partial charge >= 0.3 is 6.36 Å². The van der Waals surface area contributed by atoms with Crippen LogP contribution >= 0.6 is 0 Å². The fourth-order valence-electron chi connectivity index (χ4n) is 1.10. The largest absolute Gasteiger partial charge is 0.573 e. The normalized spacial score (nSPS) is 11.9. The molecule has 96 valence electrons. The Labute approximate surface area is 92.4 Å². The molecule has 0 radical (unpaired) electrons. The summed E-state index contributed by atoms with van der Waals surface area (Å²) in [7, 11) is 0. The second kappa shape index (κ2) is 4.70. The summed E-state index contributed by atoms with van der Waals surface area (Å²) in [5.74, 6) is -1.20. The van der Waals surface area contributed by atoms with Crippen LogP contribution in [0.2, 0.25) is 0 Å². The van der Waals surface area contributed by atoms with E-state index < -0.39 is 29.9 Å². The number of nitrogen functional groups attached to an aromatic ring is 1. The fourth-order valence-corrected chi connectivity index (χ4v) is 1.10. The van der Waals surface area contributed by atoms with Gasteiger partial charge in [0.1, 0.15) is 0 Å². The highest BCUT2D eigenvalue weighted by Crippen LogP contribution is 2.37. The quantitative estimate of drug-likeness (QED) is 0.812. The number of ether oxygens (including phenoxy) is 1. The van der Waals surface area contributed by atoms with Gasteiger partial charge in [-0.1, -0.05) is 0 Å². The van der Waals surface area contributed by atoms with Crippen molar-refractivity contribution < 1.29 is 26.7 Å². The van der Waals surface area contributed by atoms with E-state index in [4.69, 9.17) is 11.5 Å². The average Bonchev–Trinajstić information content (AvgIpc) is 2.18. The van der Waals surface area contributed by atoms with Crippen molar-refractivity contribution in [1.82, 2.24) is 4.98 Å². The summed E-state index contributed by atoms with van der Waals surface area (Å²) in [6.45, 7) is -0.240. The smallest absolute Gasteiger partial charge is 0.401 e. The Morgan fingerprint density at radius 2 is 1.94 bits per heavy atom. The molecule has 0 unspecified atom stereocenters. The summed E-state index contributed by atoms with van der Waals surface area (Å²) in [5, 5.41) is 0. The van der Waals surface area contributed by atoms with E-state index in [1.165, 1.54) is 0 Å². The summed E-state index contributed by atoms with van der Waals surface area (Å²) in [6.07, 6.45) is -7.48. The number of nitrogens with zero attached hydrogens (tertiary/aromatic N) is 1. The Hall–Kier alpha value is -1.64. The lowest BCUT2D eigenvalue weighted by Gasteiger charge is -2.16. The first kappa shape index (κ1) is 13.4. The summed E-state index contributed by atoms with van der Waals surface area (Å²) >= 11 is 0. The summed E-state index contributed by atoms with van der Waals surface area (Å²) < 4.78 is 64.3. The third kappa shape index (κ3) is 3.16. The number of hydrogen-bond acceptors (Lipinski definition) is 4. The van der Waals surface area contributed by atoms with Crippen molar-refractivity contribution in [2.24, 2.45) is 5.73 Å². The SMILES string of the molecule is NCc1cnc(C(F)F)c(OC(F)(F)F)c1N. The van der Waals surface area contributed by atoms with E-state index in [9.17, 15) is 22.0 Å². The molecule has 1 aromatic heterocycles. The average molecular weight is 257 g/mol. The molecule has 9 heteroatoms. The van der Waals surface area contributed by atoms with Gasteiger partial charge in [-0.3, -0.25) is 4.98 Å². The number of aromatic nitrogens is 1. The monoisotopic (exact) mass is 257 g/mol. The summed E-state index contributed by atoms with van der Waals surface area (Å²) in [6, 6.07) is 0. The maximum absolute atomic E-state index is 12.4. The topological polar surface area (TPSA) is 74.2 Å². The van der Waals surface area contributed by atoms with Crippen LogP contribution in [0.3, 0.4) is 0 Å². The minimum atomic E-state index is -5.13. The first-order valence-corrected chi connectivity index (χ1v) is 4.27. The Balaban J connectivity index is 3.30. The Morgan fingerprint density at radius 3 is 2.35 bits per heavy atom. The van der Waals surface area contributed by atoms with Crippen LogP contribution in [0.25, 0.3) is 0 Å². The lowest BCUT2D eigenvalue weighted by atomic mass is 10.2. The Kier molecular flexibility index (Phi) is 3.71. The van der Waals surface area contributed by atoms with Crippen molar-refractivity contribution in [3.8, 4) is 5.75 Å². The highest BCUT2D eigenvalue weighted by Gasteiger charge is 2.35. The van der Waals surface area contributed by atoms with Crippen LogP contribution in [-0.4, -0.2) is 11.3 Å². The molecule has 0 aliphatic carbocycles. The molecule has 0 saturated carbocycles. The molecule has 4 nitrogen and oxygen atoms in total. The number of rotatable bonds is 3. The lowest BCUT2D eigenvalue weighted by molar-refractivity contribution is -0.275. The zero-order chi connectivity index (χ0) is 13.2. The fraction of sp³-hybridized carbons (Fsp3) is 0.375. The third-order valence-electron chi connectivity index (χ3n) is 1.83. The molecular formula is C8H8F5N3O. The van der Waals surface area contributed by atoms with Gasteiger partial charge < -0.3 is 16.2 Å². The molecular weight excluding hydrogens is 249 g/mol. The molecule has 1 heterocycles. The van der Waals surface area contributed by atoms with Gasteiger partial charge in [0.2, 0.25) is 0 Å². The van der Waals surface area contributed by atoms with Crippen LogP contribution in [0.15, 0.2) is 6.20 Å². The van der Waals surface area contributed by atoms with Crippen LogP contribution < -0.4 is 16.2 Å². The zero-order valence-electron chi connectivity index (χ0n) is 8.26. The van der Waals surface area contributed by atoms with Gasteiger partial charge in [-0.15, -0.1) is 13.2 Å². The molecule has 0 atom stereocenters. The van der Waals surface area contributed by atoms with E-state index in [0.717, 1.165) is 6.20 Å². The molecule has 0 bridgehead atoms. The molecule has 1 rings (SSSR count). The summed E-state index contributed by atoms with van der Waals surface area (Å²) in [4.78, 5) is 3.16. The maximum atomic E-state index is 12.4. The Bertz CT molecular complexity index is 407. The van der Waals surface area contributed by atoms with Gasteiger partial charge in [0, 0.05) is 18.3 Å². The minimum absolute atomic E-state index is 0.00588. The van der Waals surface area contributed by atoms with Gasteiger partial charge in [0.15, 0.2) is 11.4 Å². The maximum Gasteiger partial charge on any atom is 0.573 e. The van der Waals surface area contributed by atoms with E-state index in [1.807, 2.05) is 0 Å². The predicted molar refractivity (Wildman–Crippen MR) is 48.2 cm³/mol. The number of anilines is 1. The van der Waals surface area contributed by atoms with Gasteiger partial charge in [-0.2, -0.15) is 0 Å². The van der Waals surface area contributed by atoms with Crippen molar-refractivity contribution in [3.63, 3.8) is 0 Å². The molecule has 4 N–H and O–H groups in total. The molecule has 0 amide bonds. The van der Waals surface area contributed by atoms with Gasteiger partial charge in [0.05, 0.1) is 5.69 Å². The highest BCUT2D eigenvalue weighted by atomic mass is 19.4. The van der Waals surface area contributed by atoms with Crippen molar-refractivity contribution in [2.45, 2.75) is 19.3 Å². The third-order valence-corrected chi connectivity index (χ3v) is 1.83. The minimum Gasteiger partial charge on any atom is -0.401 e. The molecule has 0 saturated heterocycles. The van der Waals surface area contributed by atoms with Crippen molar-refractivity contribution in [1.29, 1.82) is 0 Å². The second-order valence-corrected chi connectivity index (χ2v) is 2.96. The number of nitrogens with two attached hydrogens (primary N) is 2. The Morgan fingerprint density at radius 1 is 1.35 bits per heavy atom. The first-order valence-electron chi connectivity index (χ1n) is 4.27. The first-order chi connectivity index (χ1) is 7.76. The molecule has 17 heavy (non-hydrogen) atoms. The molecule has 1 aromatic rings. The van der Waals surface area contributed by atoms with Crippen LogP contribution in [-0.2, 0) is 6.54 Å². The lowest BCUT2D eigenvalue weighted by Crippen LogP contribution is -2.20. The number of pyridine rings is 1. The second-order valence-electron chi connectivity index (χ2n) is 2.96. The molecule has 0 aliphatic rings. The van der Waals surface area contributed by atoms with Crippen molar-refractivity contribution in [2.75, 3.05) is 5.73 Å². The van der Waals surface area contributed by atoms with E-state index in [2.05, 4.69) is 9.72 Å². The van der Waals surface area contributed by atoms with Gasteiger partial charge in [-0.25, -0.2) is 8.78 Å². The van der Waals surface area contributed by atoms with Crippen molar-refractivity contribution >= 4 is 5.69 Å². The molecule has 0 fully saturated rings. The van der Waals surface area contributed by atoms with E-state index in [0.29, 0.717) is 0 Å². The van der Waals surface area contributed by atoms with E-state index >= 15 is 0 Å². The van der Waals surface area contributed by atoms with E-state index in [1.54, 1.807) is 0 Å². The summed E-state index contributed by atoms with van der Waals surface area (Å²) in [5.41, 5.74) is 8.66. The van der Waals surface area contributed by atoms with Crippen LogP contribution in [0, 0.1) is 0 Å². The van der Waals surface area contributed by atoms with Crippen LogP contribution in [0.4, 0.5) is 27.6 Å². The number of hydrogen-bond donors (Lipinski definition) is 2. The van der Waals surface area contributed by atoms with Crippen LogP contribution in [0.1, 0.15) is 17.7 Å². The zero-order valence-corrected chi connectivity index (χ0v) is 8.26. The molecule has 0 aliphatic heterocycles. The van der Waals surface area contributed by atoms with E-state index in [-0.39, 0.29) is 12.1 Å². The highest BCUT2D eigenvalue weighted by molar-refractivity contribution is 5.60. The van der Waals surface area contributed by atoms with Gasteiger partial charge in [0.25, 0.3) is 6.43 Å². The number of halogens is 5. The predicted octanol–water partition coefficient (Wildman–Crippen LogP) is 1.96. The molecule has 0 spiro atoms. The van der Waals surface area contributed by atoms with Gasteiger partial charge in [-0.05, 0) is 0 Å². The standard InChI is InChI=1S/C8H8F5N3O/c9-7(10)5-6(17-8(11,12)13)4(15)3(1-14)2-16-5/h2,7H,1,14H2,(H2,15,16). The number of alkyl halides is 5.